The first-order chi connectivity index (χ1) is 6.79. The average molecular weight is 220 g/mol. The minimum atomic E-state index is -4.93. The molecule has 15 heavy (non-hydrogen) atoms. The van der Waals surface area contributed by atoms with Gasteiger partial charge in [-0.3, -0.25) is 9.59 Å². The summed E-state index contributed by atoms with van der Waals surface area (Å²) < 4.78 is 35.4. The Labute approximate surface area is 85.5 Å². The third-order valence-corrected chi connectivity index (χ3v) is 1.62. The average Bonchev–Trinajstić information content (AvgIpc) is 2.12. The van der Waals surface area contributed by atoms with Gasteiger partial charge in [-0.15, -0.1) is 0 Å². The van der Waals surface area contributed by atoms with Crippen LogP contribution in [0.15, 0.2) is 23.8 Å². The molecule has 0 amide bonds. The van der Waals surface area contributed by atoms with Gasteiger partial charge in [0.15, 0.2) is 5.78 Å². The van der Waals surface area contributed by atoms with E-state index in [1.165, 1.54) is 19.1 Å². The SMILES string of the molecule is C/C=C\C=C(/C)C(=O)CC(=O)C(F)(F)F. The molecule has 5 heteroatoms. The lowest BCUT2D eigenvalue weighted by Gasteiger charge is -2.03. The zero-order chi connectivity index (χ0) is 12.1. The molecule has 0 unspecified atom stereocenters. The van der Waals surface area contributed by atoms with E-state index in [1.54, 1.807) is 13.0 Å². The summed E-state index contributed by atoms with van der Waals surface area (Å²) in [5, 5.41) is 0. The summed E-state index contributed by atoms with van der Waals surface area (Å²) in [7, 11) is 0. The number of allylic oxidation sites excluding steroid dienone is 4. The molecule has 0 spiro atoms. The van der Waals surface area contributed by atoms with Crippen LogP contribution in [-0.2, 0) is 9.59 Å². The van der Waals surface area contributed by atoms with Gasteiger partial charge in [0.05, 0.1) is 6.42 Å². The fourth-order valence-electron chi connectivity index (χ4n) is 0.719. The molecule has 0 rings (SSSR count). The highest BCUT2D eigenvalue weighted by Crippen LogP contribution is 2.18. The number of ketones is 2. The van der Waals surface area contributed by atoms with Crippen molar-refractivity contribution < 1.29 is 22.8 Å². The van der Waals surface area contributed by atoms with Crippen molar-refractivity contribution in [2.24, 2.45) is 0 Å². The predicted molar refractivity (Wildman–Crippen MR) is 49.3 cm³/mol. The van der Waals surface area contributed by atoms with Crippen LogP contribution in [0.2, 0.25) is 0 Å². The van der Waals surface area contributed by atoms with Crippen LogP contribution in [0.4, 0.5) is 13.2 Å². The minimum absolute atomic E-state index is 0.130. The predicted octanol–water partition coefficient (Wildman–Crippen LogP) is 2.60. The van der Waals surface area contributed by atoms with Crippen LogP contribution in [0.3, 0.4) is 0 Å². The van der Waals surface area contributed by atoms with Gasteiger partial charge in [0.1, 0.15) is 0 Å². The first kappa shape index (κ1) is 13.6. The van der Waals surface area contributed by atoms with E-state index in [0.717, 1.165) is 0 Å². The maximum atomic E-state index is 11.8. The van der Waals surface area contributed by atoms with E-state index in [4.69, 9.17) is 0 Å². The third kappa shape index (κ3) is 5.15. The van der Waals surface area contributed by atoms with Crippen LogP contribution in [0, 0.1) is 0 Å². The van der Waals surface area contributed by atoms with E-state index in [-0.39, 0.29) is 5.57 Å². The Bertz CT molecular complexity index is 311. The molecule has 84 valence electrons. The molecule has 2 nitrogen and oxygen atoms in total. The van der Waals surface area contributed by atoms with Crippen LogP contribution in [0.25, 0.3) is 0 Å². The van der Waals surface area contributed by atoms with E-state index in [1.807, 2.05) is 0 Å². The van der Waals surface area contributed by atoms with Gasteiger partial charge < -0.3 is 0 Å². The Morgan fingerprint density at radius 2 is 1.80 bits per heavy atom. The van der Waals surface area contributed by atoms with Gasteiger partial charge in [-0.1, -0.05) is 18.2 Å². The zero-order valence-electron chi connectivity index (χ0n) is 8.39. The van der Waals surface area contributed by atoms with E-state index in [0.29, 0.717) is 0 Å². The van der Waals surface area contributed by atoms with Gasteiger partial charge in [-0.25, -0.2) is 0 Å². The third-order valence-electron chi connectivity index (χ3n) is 1.62. The molecular weight excluding hydrogens is 209 g/mol. The molecule has 0 fully saturated rings. The number of Topliss-reactive ketones (excluding diaryl/α,β-unsaturated/α-hetero) is 2. The Morgan fingerprint density at radius 3 is 2.20 bits per heavy atom. The van der Waals surface area contributed by atoms with E-state index in [2.05, 4.69) is 0 Å². The lowest BCUT2D eigenvalue weighted by molar-refractivity contribution is -0.171. The van der Waals surface area contributed by atoms with Crippen molar-refractivity contribution >= 4 is 11.6 Å². The molecule has 0 aliphatic rings. The van der Waals surface area contributed by atoms with Gasteiger partial charge in [-0.2, -0.15) is 13.2 Å². The normalized spacial score (nSPS) is 13.3. The molecule has 0 saturated carbocycles. The Balaban J connectivity index is 4.45. The van der Waals surface area contributed by atoms with Gasteiger partial charge in [0, 0.05) is 0 Å². The lowest BCUT2D eigenvalue weighted by Crippen LogP contribution is -2.25. The van der Waals surface area contributed by atoms with E-state index < -0.39 is 24.2 Å². The number of carbonyl (C=O) groups excluding carboxylic acids is 2. The number of alkyl halides is 3. The second-order valence-electron chi connectivity index (χ2n) is 2.90. The fourth-order valence-corrected chi connectivity index (χ4v) is 0.719. The number of rotatable bonds is 4. The molecule has 0 N–H and O–H groups in total. The summed E-state index contributed by atoms with van der Waals surface area (Å²) in [5.74, 6) is -2.82. The summed E-state index contributed by atoms with van der Waals surface area (Å²) in [4.78, 5) is 21.5. The first-order valence-corrected chi connectivity index (χ1v) is 4.21. The van der Waals surface area contributed by atoms with Crippen LogP contribution in [0.5, 0.6) is 0 Å². The molecule has 0 aliphatic heterocycles. The maximum Gasteiger partial charge on any atom is 0.450 e. The van der Waals surface area contributed by atoms with E-state index in [9.17, 15) is 22.8 Å². The standard InChI is InChI=1S/C10H11F3O2/c1-3-4-5-7(2)8(14)6-9(15)10(11,12)13/h3-5H,6H2,1-2H3/b4-3-,7-5+. The molecule has 0 atom stereocenters. The molecule has 0 aromatic rings. The molecule has 0 heterocycles. The lowest BCUT2D eigenvalue weighted by atomic mass is 10.1. The van der Waals surface area contributed by atoms with Gasteiger partial charge in [0.25, 0.3) is 0 Å². The summed E-state index contributed by atoms with van der Waals surface area (Å²) in [6.45, 7) is 3.07. The summed E-state index contributed by atoms with van der Waals surface area (Å²) in [6, 6.07) is 0. The van der Waals surface area contributed by atoms with Crippen molar-refractivity contribution in [2.45, 2.75) is 26.4 Å². The van der Waals surface area contributed by atoms with Crippen LogP contribution < -0.4 is 0 Å². The zero-order valence-corrected chi connectivity index (χ0v) is 8.39. The van der Waals surface area contributed by atoms with Gasteiger partial charge in [0.2, 0.25) is 5.78 Å². The maximum absolute atomic E-state index is 11.8. The molecule has 0 saturated heterocycles. The first-order valence-electron chi connectivity index (χ1n) is 4.21. The van der Waals surface area contributed by atoms with E-state index >= 15 is 0 Å². The number of carbonyl (C=O) groups is 2. The van der Waals surface area contributed by atoms with Gasteiger partial charge >= 0.3 is 6.18 Å². The highest BCUT2D eigenvalue weighted by molar-refractivity contribution is 6.08. The quantitative estimate of drug-likeness (QED) is 0.414. The van der Waals surface area contributed by atoms with Crippen molar-refractivity contribution in [3.63, 3.8) is 0 Å². The van der Waals surface area contributed by atoms with Crippen molar-refractivity contribution in [3.8, 4) is 0 Å². The van der Waals surface area contributed by atoms with Crippen LogP contribution >= 0.6 is 0 Å². The van der Waals surface area contributed by atoms with Crippen LogP contribution in [0.1, 0.15) is 20.3 Å². The highest BCUT2D eigenvalue weighted by atomic mass is 19.4. The second-order valence-corrected chi connectivity index (χ2v) is 2.90. The largest absolute Gasteiger partial charge is 0.450 e. The summed E-state index contributed by atoms with van der Waals surface area (Å²) >= 11 is 0. The van der Waals surface area contributed by atoms with Crippen LogP contribution in [-0.4, -0.2) is 17.7 Å². The van der Waals surface area contributed by atoms with Crippen molar-refractivity contribution in [2.75, 3.05) is 0 Å². The Hall–Kier alpha value is -1.39. The van der Waals surface area contributed by atoms with Gasteiger partial charge in [-0.05, 0) is 19.4 Å². The molecule has 0 aromatic heterocycles. The monoisotopic (exact) mass is 220 g/mol. The minimum Gasteiger partial charge on any atom is -0.294 e. The smallest absolute Gasteiger partial charge is 0.294 e. The molecule has 0 radical (unpaired) electrons. The fraction of sp³-hybridized carbons (Fsp3) is 0.400. The topological polar surface area (TPSA) is 34.1 Å². The number of halogens is 3. The van der Waals surface area contributed by atoms with Crippen molar-refractivity contribution in [1.29, 1.82) is 0 Å². The van der Waals surface area contributed by atoms with Crippen molar-refractivity contribution in [3.05, 3.63) is 23.8 Å². The highest BCUT2D eigenvalue weighted by Gasteiger charge is 2.39. The second kappa shape index (κ2) is 5.48. The summed E-state index contributed by atoms with van der Waals surface area (Å²) in [5.41, 5.74) is 0.130. The molecule has 0 aliphatic carbocycles. The van der Waals surface area contributed by atoms with Crippen molar-refractivity contribution in [1.82, 2.24) is 0 Å². The number of hydrogen-bond donors (Lipinski definition) is 0. The molecular formula is C10H11F3O2. The Morgan fingerprint density at radius 1 is 1.27 bits per heavy atom. The molecule has 0 aromatic carbocycles. The molecule has 0 bridgehead atoms. The number of hydrogen-bond acceptors (Lipinski definition) is 2. The Kier molecular flexibility index (Phi) is 4.97. The summed E-state index contributed by atoms with van der Waals surface area (Å²) in [6.07, 6.45) is -1.54.